The molecule has 1 unspecified atom stereocenters. The molecule has 3 N–H and O–H groups in total. The van der Waals surface area contributed by atoms with Gasteiger partial charge in [0.05, 0.1) is 14.2 Å². The van der Waals surface area contributed by atoms with Crippen LogP contribution in [0, 0.1) is 0 Å². The molecular formula is C18H21NO5. The Labute approximate surface area is 140 Å². The first-order valence-electron chi connectivity index (χ1n) is 7.44. The van der Waals surface area contributed by atoms with E-state index in [0.29, 0.717) is 18.1 Å². The molecule has 0 aliphatic carbocycles. The quantitative estimate of drug-likeness (QED) is 0.771. The van der Waals surface area contributed by atoms with Crippen molar-refractivity contribution in [1.82, 2.24) is 0 Å². The first-order chi connectivity index (χ1) is 11.5. The van der Waals surface area contributed by atoms with Crippen LogP contribution < -0.4 is 19.9 Å². The van der Waals surface area contributed by atoms with E-state index in [4.69, 9.17) is 25.1 Å². The maximum atomic E-state index is 10.8. The molecule has 1 atom stereocenters. The second-order valence-corrected chi connectivity index (χ2v) is 5.27. The average Bonchev–Trinajstić information content (AvgIpc) is 2.60. The van der Waals surface area contributed by atoms with Crippen molar-refractivity contribution < 1.29 is 24.1 Å². The van der Waals surface area contributed by atoms with Crippen LogP contribution in [0.2, 0.25) is 0 Å². The van der Waals surface area contributed by atoms with E-state index >= 15 is 0 Å². The van der Waals surface area contributed by atoms with E-state index in [1.807, 2.05) is 24.3 Å². The van der Waals surface area contributed by atoms with Crippen molar-refractivity contribution in [3.05, 3.63) is 53.6 Å². The summed E-state index contributed by atoms with van der Waals surface area (Å²) < 4.78 is 16.2. The van der Waals surface area contributed by atoms with Crippen molar-refractivity contribution in [3.8, 4) is 17.2 Å². The molecule has 2 rings (SSSR count). The summed E-state index contributed by atoms with van der Waals surface area (Å²) in [6, 6.07) is 11.9. The SMILES string of the molecule is COc1ccc(COc2ccc(CC(N)C(=O)O)cc2OC)cc1. The first-order valence-corrected chi connectivity index (χ1v) is 7.44. The van der Waals surface area contributed by atoms with E-state index in [1.54, 1.807) is 25.3 Å². The number of hydrogen-bond acceptors (Lipinski definition) is 5. The summed E-state index contributed by atoms with van der Waals surface area (Å²) >= 11 is 0. The van der Waals surface area contributed by atoms with Crippen LogP contribution in [-0.2, 0) is 17.8 Å². The smallest absolute Gasteiger partial charge is 0.320 e. The number of hydrogen-bond donors (Lipinski definition) is 2. The van der Waals surface area contributed by atoms with Crippen LogP contribution >= 0.6 is 0 Å². The Balaban J connectivity index is 2.05. The molecule has 0 radical (unpaired) electrons. The third-order valence-electron chi connectivity index (χ3n) is 3.55. The van der Waals surface area contributed by atoms with Crippen LogP contribution in [0.25, 0.3) is 0 Å². The van der Waals surface area contributed by atoms with E-state index in [2.05, 4.69) is 0 Å². The van der Waals surface area contributed by atoms with Crippen molar-refractivity contribution in [2.24, 2.45) is 5.73 Å². The van der Waals surface area contributed by atoms with Gasteiger partial charge in [0.1, 0.15) is 18.4 Å². The molecule has 0 amide bonds. The Hall–Kier alpha value is -2.73. The predicted octanol–water partition coefficient (Wildman–Crippen LogP) is 2.24. The highest BCUT2D eigenvalue weighted by Crippen LogP contribution is 2.29. The second-order valence-electron chi connectivity index (χ2n) is 5.27. The van der Waals surface area contributed by atoms with Gasteiger partial charge in [-0.05, 0) is 41.8 Å². The van der Waals surface area contributed by atoms with Crippen LogP contribution in [0.1, 0.15) is 11.1 Å². The van der Waals surface area contributed by atoms with Crippen LogP contribution in [0.15, 0.2) is 42.5 Å². The maximum absolute atomic E-state index is 10.8. The molecule has 2 aromatic carbocycles. The Morgan fingerprint density at radius 2 is 1.71 bits per heavy atom. The highest BCUT2D eigenvalue weighted by atomic mass is 16.5. The highest BCUT2D eigenvalue weighted by Gasteiger charge is 2.14. The van der Waals surface area contributed by atoms with Gasteiger partial charge in [0.2, 0.25) is 0 Å². The van der Waals surface area contributed by atoms with Crippen LogP contribution in [-0.4, -0.2) is 31.3 Å². The van der Waals surface area contributed by atoms with Crippen molar-refractivity contribution >= 4 is 5.97 Å². The Bertz CT molecular complexity index is 684. The number of ether oxygens (including phenoxy) is 3. The fraction of sp³-hybridized carbons (Fsp3) is 0.278. The number of nitrogens with two attached hydrogens (primary N) is 1. The fourth-order valence-corrected chi connectivity index (χ4v) is 2.18. The third-order valence-corrected chi connectivity index (χ3v) is 3.55. The van der Waals surface area contributed by atoms with Gasteiger partial charge in [0, 0.05) is 0 Å². The summed E-state index contributed by atoms with van der Waals surface area (Å²) in [5.74, 6) is 0.879. The summed E-state index contributed by atoms with van der Waals surface area (Å²) in [5.41, 5.74) is 7.33. The average molecular weight is 331 g/mol. The summed E-state index contributed by atoms with van der Waals surface area (Å²) in [5, 5.41) is 8.88. The van der Waals surface area contributed by atoms with Gasteiger partial charge in [-0.25, -0.2) is 0 Å². The molecule has 0 saturated heterocycles. The van der Waals surface area contributed by atoms with E-state index in [1.165, 1.54) is 7.11 Å². The van der Waals surface area contributed by atoms with E-state index in [-0.39, 0.29) is 6.42 Å². The van der Waals surface area contributed by atoms with Crippen LogP contribution in [0.3, 0.4) is 0 Å². The molecule has 6 nitrogen and oxygen atoms in total. The van der Waals surface area contributed by atoms with Crippen molar-refractivity contribution in [1.29, 1.82) is 0 Å². The summed E-state index contributed by atoms with van der Waals surface area (Å²) in [6.45, 7) is 0.383. The molecule has 0 spiro atoms. The van der Waals surface area contributed by atoms with Crippen molar-refractivity contribution in [3.63, 3.8) is 0 Å². The van der Waals surface area contributed by atoms with Crippen molar-refractivity contribution in [2.45, 2.75) is 19.1 Å². The lowest BCUT2D eigenvalue weighted by molar-refractivity contribution is -0.138. The van der Waals surface area contributed by atoms with Crippen LogP contribution in [0.4, 0.5) is 0 Å². The molecule has 0 heterocycles. The zero-order valence-corrected chi connectivity index (χ0v) is 13.7. The topological polar surface area (TPSA) is 91.0 Å². The molecule has 24 heavy (non-hydrogen) atoms. The van der Waals surface area contributed by atoms with E-state index < -0.39 is 12.0 Å². The van der Waals surface area contributed by atoms with E-state index in [0.717, 1.165) is 16.9 Å². The van der Waals surface area contributed by atoms with Gasteiger partial charge in [-0.1, -0.05) is 18.2 Å². The molecular weight excluding hydrogens is 310 g/mol. The third kappa shape index (κ3) is 4.63. The monoisotopic (exact) mass is 331 g/mol. The lowest BCUT2D eigenvalue weighted by Crippen LogP contribution is -2.32. The normalized spacial score (nSPS) is 11.6. The summed E-state index contributed by atoms with van der Waals surface area (Å²) in [6.07, 6.45) is 0.227. The molecule has 0 aromatic heterocycles. The predicted molar refractivity (Wildman–Crippen MR) is 89.6 cm³/mol. The standard InChI is InChI=1S/C18H21NO5/c1-22-14-6-3-12(4-7-14)11-24-16-8-5-13(10-17(16)23-2)9-15(19)18(20)21/h3-8,10,15H,9,11,19H2,1-2H3,(H,20,21). The van der Waals surface area contributed by atoms with Crippen LogP contribution in [0.5, 0.6) is 17.2 Å². The molecule has 0 aliphatic rings. The van der Waals surface area contributed by atoms with Gasteiger partial charge in [0.15, 0.2) is 11.5 Å². The van der Waals surface area contributed by atoms with E-state index in [9.17, 15) is 4.79 Å². The lowest BCUT2D eigenvalue weighted by Gasteiger charge is -2.13. The molecule has 0 aliphatic heterocycles. The minimum atomic E-state index is -1.03. The summed E-state index contributed by atoms with van der Waals surface area (Å²) in [4.78, 5) is 10.8. The van der Waals surface area contributed by atoms with Gasteiger partial charge < -0.3 is 25.1 Å². The minimum Gasteiger partial charge on any atom is -0.497 e. The summed E-state index contributed by atoms with van der Waals surface area (Å²) in [7, 11) is 3.16. The molecule has 2 aromatic rings. The largest absolute Gasteiger partial charge is 0.497 e. The number of benzene rings is 2. The zero-order chi connectivity index (χ0) is 17.5. The molecule has 128 valence electrons. The number of methoxy groups -OCH3 is 2. The van der Waals surface area contributed by atoms with Gasteiger partial charge in [-0.2, -0.15) is 0 Å². The Morgan fingerprint density at radius 1 is 1.04 bits per heavy atom. The van der Waals surface area contributed by atoms with Gasteiger partial charge >= 0.3 is 5.97 Å². The first kappa shape index (κ1) is 17.6. The second kappa shape index (κ2) is 8.21. The molecule has 6 heteroatoms. The molecule has 0 saturated carbocycles. The number of carbonyl (C=O) groups is 1. The van der Waals surface area contributed by atoms with Crippen molar-refractivity contribution in [2.75, 3.05) is 14.2 Å². The maximum Gasteiger partial charge on any atom is 0.320 e. The fourth-order valence-electron chi connectivity index (χ4n) is 2.18. The molecule has 0 fully saturated rings. The van der Waals surface area contributed by atoms with Gasteiger partial charge in [0.25, 0.3) is 0 Å². The molecule has 0 bridgehead atoms. The zero-order valence-electron chi connectivity index (χ0n) is 13.7. The number of rotatable bonds is 8. The number of carboxylic acid groups (broad SMARTS) is 1. The lowest BCUT2D eigenvalue weighted by atomic mass is 10.1. The number of aliphatic carboxylic acids is 1. The van der Waals surface area contributed by atoms with Gasteiger partial charge in [-0.15, -0.1) is 0 Å². The Morgan fingerprint density at radius 3 is 2.29 bits per heavy atom. The highest BCUT2D eigenvalue weighted by molar-refractivity contribution is 5.73. The minimum absolute atomic E-state index is 0.227. The number of carboxylic acids is 1. The Kier molecular flexibility index (Phi) is 6.03. The van der Waals surface area contributed by atoms with Gasteiger partial charge in [-0.3, -0.25) is 4.79 Å².